The first-order valence-corrected chi connectivity index (χ1v) is 5.88. The van der Waals surface area contributed by atoms with Crippen LogP contribution in [0.2, 0.25) is 0 Å². The molecule has 2 nitrogen and oxygen atoms in total. The van der Waals surface area contributed by atoms with E-state index in [0.29, 0.717) is 18.5 Å². The third kappa shape index (κ3) is 2.82. The molecule has 2 rings (SSSR count). The zero-order chi connectivity index (χ0) is 12.5. The maximum atomic E-state index is 13.7. The van der Waals surface area contributed by atoms with Gasteiger partial charge in [-0.2, -0.15) is 0 Å². The summed E-state index contributed by atoms with van der Waals surface area (Å²) in [7, 11) is 0. The van der Waals surface area contributed by atoms with Crippen molar-refractivity contribution in [2.45, 2.75) is 31.8 Å². The van der Waals surface area contributed by atoms with Gasteiger partial charge in [-0.25, -0.2) is 8.78 Å². The van der Waals surface area contributed by atoms with E-state index in [9.17, 15) is 13.9 Å². The lowest BCUT2D eigenvalue weighted by molar-refractivity contribution is 0.0154. The Morgan fingerprint density at radius 2 is 2.00 bits per heavy atom. The lowest BCUT2D eigenvalue weighted by atomic mass is 9.87. The lowest BCUT2D eigenvalue weighted by Crippen LogP contribution is -2.47. The molecule has 0 bridgehead atoms. The van der Waals surface area contributed by atoms with Crippen LogP contribution in [0.1, 0.15) is 24.0 Å². The normalized spacial score (nSPS) is 24.9. The van der Waals surface area contributed by atoms with Gasteiger partial charge in [-0.15, -0.1) is 0 Å². The molecule has 0 aliphatic carbocycles. The van der Waals surface area contributed by atoms with Crippen LogP contribution in [0.4, 0.5) is 8.78 Å². The summed E-state index contributed by atoms with van der Waals surface area (Å²) < 4.78 is 27.3. The highest BCUT2D eigenvalue weighted by Gasteiger charge is 2.31. The van der Waals surface area contributed by atoms with Gasteiger partial charge in [0, 0.05) is 18.5 Å². The van der Waals surface area contributed by atoms with Crippen LogP contribution in [0.15, 0.2) is 12.1 Å². The monoisotopic (exact) mass is 241 g/mol. The van der Waals surface area contributed by atoms with Gasteiger partial charge in [-0.05, 0) is 44.0 Å². The Morgan fingerprint density at radius 3 is 2.53 bits per heavy atom. The molecule has 1 heterocycles. The van der Waals surface area contributed by atoms with E-state index in [1.165, 1.54) is 12.1 Å². The standard InChI is InChI=1S/C13H17F2NO/c1-9-5-11(14)10(12(15)6-9)7-13(17)3-2-4-16-8-13/h5-6,16-17H,2-4,7-8H2,1H3. The number of aryl methyl sites for hydroxylation is 1. The molecule has 1 fully saturated rings. The number of piperidine rings is 1. The van der Waals surface area contributed by atoms with Crippen LogP contribution < -0.4 is 5.32 Å². The summed E-state index contributed by atoms with van der Waals surface area (Å²) in [5, 5.41) is 13.3. The van der Waals surface area contributed by atoms with Crippen LogP contribution in [-0.4, -0.2) is 23.8 Å². The first kappa shape index (κ1) is 12.5. The molecule has 0 radical (unpaired) electrons. The van der Waals surface area contributed by atoms with Crippen molar-refractivity contribution in [1.82, 2.24) is 5.32 Å². The molecule has 17 heavy (non-hydrogen) atoms. The summed E-state index contributed by atoms with van der Waals surface area (Å²) in [6.45, 7) is 2.88. The SMILES string of the molecule is Cc1cc(F)c(CC2(O)CCCNC2)c(F)c1. The first-order valence-electron chi connectivity index (χ1n) is 5.88. The van der Waals surface area contributed by atoms with Crippen molar-refractivity contribution >= 4 is 0 Å². The fraction of sp³-hybridized carbons (Fsp3) is 0.538. The van der Waals surface area contributed by atoms with Gasteiger partial charge in [0.2, 0.25) is 0 Å². The Bertz CT molecular complexity index is 391. The number of hydrogen-bond donors (Lipinski definition) is 2. The summed E-state index contributed by atoms with van der Waals surface area (Å²) in [6, 6.07) is 2.61. The molecule has 1 unspecified atom stereocenters. The van der Waals surface area contributed by atoms with Gasteiger partial charge in [-0.1, -0.05) is 0 Å². The van der Waals surface area contributed by atoms with E-state index >= 15 is 0 Å². The number of rotatable bonds is 2. The molecule has 0 aromatic heterocycles. The first-order chi connectivity index (χ1) is 8.00. The number of β-amino-alcohol motifs (C(OH)–C–C–N with tert-alkyl or cyclic N) is 1. The third-order valence-electron chi connectivity index (χ3n) is 3.24. The molecule has 0 spiro atoms. The highest BCUT2D eigenvalue weighted by Crippen LogP contribution is 2.25. The third-order valence-corrected chi connectivity index (χ3v) is 3.24. The summed E-state index contributed by atoms with van der Waals surface area (Å²) in [4.78, 5) is 0. The van der Waals surface area contributed by atoms with Gasteiger partial charge in [0.1, 0.15) is 11.6 Å². The van der Waals surface area contributed by atoms with Crippen molar-refractivity contribution in [3.8, 4) is 0 Å². The van der Waals surface area contributed by atoms with Gasteiger partial charge in [-0.3, -0.25) is 0 Å². The predicted octanol–water partition coefficient (Wildman–Crippen LogP) is 1.93. The number of halogens is 2. The predicted molar refractivity (Wildman–Crippen MR) is 61.9 cm³/mol. The molecule has 0 amide bonds. The van der Waals surface area contributed by atoms with E-state index in [4.69, 9.17) is 0 Å². The van der Waals surface area contributed by atoms with Gasteiger partial charge in [0.25, 0.3) is 0 Å². The van der Waals surface area contributed by atoms with Crippen molar-refractivity contribution < 1.29 is 13.9 Å². The molecule has 1 aliphatic heterocycles. The Morgan fingerprint density at radius 1 is 1.35 bits per heavy atom. The second-order valence-corrected chi connectivity index (χ2v) is 4.89. The summed E-state index contributed by atoms with van der Waals surface area (Å²) in [5.74, 6) is -1.14. The zero-order valence-corrected chi connectivity index (χ0v) is 9.89. The minimum atomic E-state index is -1.03. The maximum absolute atomic E-state index is 13.7. The topological polar surface area (TPSA) is 32.3 Å². The van der Waals surface area contributed by atoms with E-state index in [0.717, 1.165) is 13.0 Å². The minimum absolute atomic E-state index is 0.0122. The molecular weight excluding hydrogens is 224 g/mol. The molecule has 1 aromatic rings. The Hall–Kier alpha value is -1.00. The smallest absolute Gasteiger partial charge is 0.129 e. The largest absolute Gasteiger partial charge is 0.388 e. The lowest BCUT2D eigenvalue weighted by Gasteiger charge is -2.33. The second kappa shape index (κ2) is 4.70. The average Bonchev–Trinajstić information content (AvgIpc) is 2.24. The zero-order valence-electron chi connectivity index (χ0n) is 9.89. The Balaban J connectivity index is 2.23. The highest BCUT2D eigenvalue weighted by molar-refractivity contribution is 5.27. The van der Waals surface area contributed by atoms with E-state index in [-0.39, 0.29) is 12.0 Å². The van der Waals surface area contributed by atoms with Crippen LogP contribution in [0.5, 0.6) is 0 Å². The molecule has 1 aliphatic rings. The molecule has 4 heteroatoms. The molecule has 94 valence electrons. The number of hydrogen-bond acceptors (Lipinski definition) is 2. The van der Waals surface area contributed by atoms with Gasteiger partial charge >= 0.3 is 0 Å². The summed E-state index contributed by atoms with van der Waals surface area (Å²) in [5.41, 5.74) is -0.492. The molecule has 1 saturated heterocycles. The fourth-order valence-corrected chi connectivity index (χ4v) is 2.33. The fourth-order valence-electron chi connectivity index (χ4n) is 2.33. The van der Waals surface area contributed by atoms with Crippen molar-refractivity contribution in [2.75, 3.05) is 13.1 Å². The number of nitrogens with one attached hydrogen (secondary N) is 1. The summed E-state index contributed by atoms with van der Waals surface area (Å²) >= 11 is 0. The van der Waals surface area contributed by atoms with Gasteiger partial charge in [0.15, 0.2) is 0 Å². The number of benzene rings is 1. The molecule has 1 atom stereocenters. The van der Waals surface area contributed by atoms with Crippen molar-refractivity contribution in [3.05, 3.63) is 34.9 Å². The van der Waals surface area contributed by atoms with Gasteiger partial charge in [0.05, 0.1) is 5.60 Å². The Labute approximate surface area is 99.7 Å². The quantitative estimate of drug-likeness (QED) is 0.829. The van der Waals surface area contributed by atoms with E-state index in [1.807, 2.05) is 0 Å². The van der Waals surface area contributed by atoms with Crippen molar-refractivity contribution in [2.24, 2.45) is 0 Å². The molecular formula is C13H17F2NO. The summed E-state index contributed by atoms with van der Waals surface area (Å²) in [6.07, 6.45) is 1.43. The average molecular weight is 241 g/mol. The van der Waals surface area contributed by atoms with E-state index < -0.39 is 17.2 Å². The molecule has 0 saturated carbocycles. The van der Waals surface area contributed by atoms with E-state index in [2.05, 4.69) is 5.32 Å². The number of aliphatic hydroxyl groups is 1. The van der Waals surface area contributed by atoms with E-state index in [1.54, 1.807) is 6.92 Å². The van der Waals surface area contributed by atoms with Crippen molar-refractivity contribution in [3.63, 3.8) is 0 Å². The van der Waals surface area contributed by atoms with Crippen LogP contribution in [0.3, 0.4) is 0 Å². The van der Waals surface area contributed by atoms with Crippen molar-refractivity contribution in [1.29, 1.82) is 0 Å². The molecule has 2 N–H and O–H groups in total. The van der Waals surface area contributed by atoms with Crippen LogP contribution >= 0.6 is 0 Å². The van der Waals surface area contributed by atoms with Gasteiger partial charge < -0.3 is 10.4 Å². The van der Waals surface area contributed by atoms with Crippen LogP contribution in [-0.2, 0) is 6.42 Å². The Kier molecular flexibility index (Phi) is 3.45. The minimum Gasteiger partial charge on any atom is -0.388 e. The highest BCUT2D eigenvalue weighted by atomic mass is 19.1. The second-order valence-electron chi connectivity index (χ2n) is 4.89. The molecule has 1 aromatic carbocycles. The van der Waals surface area contributed by atoms with Crippen LogP contribution in [0, 0.1) is 18.6 Å². The maximum Gasteiger partial charge on any atom is 0.129 e. The van der Waals surface area contributed by atoms with Crippen LogP contribution in [0.25, 0.3) is 0 Å².